The van der Waals surface area contributed by atoms with E-state index in [1.54, 1.807) is 11.9 Å². The van der Waals surface area contributed by atoms with Crippen molar-refractivity contribution in [2.75, 3.05) is 13.6 Å². The quantitative estimate of drug-likeness (QED) is 0.842. The minimum absolute atomic E-state index is 0.101. The molecule has 1 aliphatic rings. The first-order chi connectivity index (χ1) is 8.45. The maximum Gasteiger partial charge on any atom is 0.253 e. The molecule has 1 aliphatic carbocycles. The molecule has 1 fully saturated rings. The second-order valence-electron chi connectivity index (χ2n) is 4.86. The highest BCUT2D eigenvalue weighted by molar-refractivity contribution is 9.09. The van der Waals surface area contributed by atoms with E-state index in [1.165, 1.54) is 18.2 Å². The van der Waals surface area contributed by atoms with Crippen LogP contribution in [0.25, 0.3) is 0 Å². The summed E-state index contributed by atoms with van der Waals surface area (Å²) in [6, 6.07) is 3.94. The highest BCUT2D eigenvalue weighted by Crippen LogP contribution is 2.33. The van der Waals surface area contributed by atoms with Gasteiger partial charge in [-0.05, 0) is 30.9 Å². The molecule has 98 valence electrons. The molecule has 18 heavy (non-hydrogen) atoms. The van der Waals surface area contributed by atoms with Crippen molar-refractivity contribution in [1.29, 1.82) is 0 Å². The van der Waals surface area contributed by atoms with E-state index < -0.39 is 0 Å². The number of phenolic OH excluding ortho intramolecular Hbond substituents is 2. The maximum absolute atomic E-state index is 12.1. The normalized spacial score (nSPS) is 22.3. The Hall–Kier alpha value is -1.23. The summed E-state index contributed by atoms with van der Waals surface area (Å²) in [5.74, 6) is 0.153. The molecule has 5 heteroatoms. The van der Waals surface area contributed by atoms with Crippen molar-refractivity contribution in [2.45, 2.75) is 17.7 Å². The van der Waals surface area contributed by atoms with Gasteiger partial charge in [0, 0.05) is 30.0 Å². The molecule has 1 aromatic carbocycles. The zero-order chi connectivity index (χ0) is 13.3. The predicted molar refractivity (Wildman–Crippen MR) is 72.2 cm³/mol. The monoisotopic (exact) mass is 313 g/mol. The topological polar surface area (TPSA) is 60.8 Å². The largest absolute Gasteiger partial charge is 0.508 e. The van der Waals surface area contributed by atoms with Gasteiger partial charge in [0.2, 0.25) is 0 Å². The van der Waals surface area contributed by atoms with Crippen LogP contribution in [0.3, 0.4) is 0 Å². The van der Waals surface area contributed by atoms with Crippen LogP contribution in [0.15, 0.2) is 18.2 Å². The van der Waals surface area contributed by atoms with Crippen LogP contribution < -0.4 is 0 Å². The van der Waals surface area contributed by atoms with Crippen molar-refractivity contribution in [3.8, 4) is 11.5 Å². The molecule has 0 atom stereocenters. The van der Waals surface area contributed by atoms with E-state index in [9.17, 15) is 15.0 Å². The Bertz CT molecular complexity index is 437. The molecule has 0 spiro atoms. The molecule has 1 saturated carbocycles. The van der Waals surface area contributed by atoms with E-state index >= 15 is 0 Å². The second-order valence-corrected chi connectivity index (χ2v) is 6.15. The summed E-state index contributed by atoms with van der Waals surface area (Å²) < 4.78 is 0. The number of alkyl halides is 1. The number of hydrogen-bond donors (Lipinski definition) is 2. The lowest BCUT2D eigenvalue weighted by atomic mass is 9.85. The lowest BCUT2D eigenvalue weighted by Crippen LogP contribution is -2.37. The van der Waals surface area contributed by atoms with Gasteiger partial charge < -0.3 is 15.1 Å². The smallest absolute Gasteiger partial charge is 0.253 e. The van der Waals surface area contributed by atoms with E-state index in [-0.39, 0.29) is 17.4 Å². The van der Waals surface area contributed by atoms with Crippen LogP contribution in [0.4, 0.5) is 0 Å². The van der Waals surface area contributed by atoms with Gasteiger partial charge in [-0.1, -0.05) is 15.9 Å². The summed E-state index contributed by atoms with van der Waals surface area (Å²) in [5.41, 5.74) is 0.310. The third kappa shape index (κ3) is 2.96. The van der Waals surface area contributed by atoms with Gasteiger partial charge >= 0.3 is 0 Å². The molecule has 0 radical (unpaired) electrons. The van der Waals surface area contributed by atoms with Gasteiger partial charge in [-0.25, -0.2) is 0 Å². The number of phenols is 2. The minimum atomic E-state index is -0.181. The van der Waals surface area contributed by atoms with Crippen LogP contribution in [-0.2, 0) is 0 Å². The van der Waals surface area contributed by atoms with E-state index in [0.717, 1.165) is 12.8 Å². The third-order valence-electron chi connectivity index (χ3n) is 3.21. The molecule has 2 rings (SSSR count). The molecule has 0 saturated heterocycles. The number of rotatable bonds is 3. The highest BCUT2D eigenvalue weighted by atomic mass is 79.9. The Morgan fingerprint density at radius 1 is 1.33 bits per heavy atom. The average Bonchev–Trinajstić information content (AvgIpc) is 2.24. The first-order valence-electron chi connectivity index (χ1n) is 5.88. The standard InChI is InChI=1S/C13H16BrNO3/c1-15(7-8-2-10(14)3-8)13(18)9-4-11(16)6-12(17)5-9/h4-6,8,10,16-17H,2-3,7H2,1H3. The maximum atomic E-state index is 12.1. The Morgan fingerprint density at radius 3 is 2.39 bits per heavy atom. The molecule has 4 nitrogen and oxygen atoms in total. The number of amides is 1. The predicted octanol–water partition coefficient (Wildman–Crippen LogP) is 2.34. The van der Waals surface area contributed by atoms with Crippen molar-refractivity contribution in [2.24, 2.45) is 5.92 Å². The summed E-state index contributed by atoms with van der Waals surface area (Å²) in [5, 5.41) is 18.7. The lowest BCUT2D eigenvalue weighted by Gasteiger charge is -2.34. The Balaban J connectivity index is 2.01. The number of benzene rings is 1. The molecule has 0 aromatic heterocycles. The van der Waals surface area contributed by atoms with Gasteiger partial charge in [-0.3, -0.25) is 4.79 Å². The molecule has 0 aliphatic heterocycles. The molecule has 2 N–H and O–H groups in total. The van der Waals surface area contributed by atoms with Gasteiger partial charge in [-0.15, -0.1) is 0 Å². The molecule has 1 amide bonds. The number of halogens is 1. The SMILES string of the molecule is CN(CC1CC(Br)C1)C(=O)c1cc(O)cc(O)c1. The summed E-state index contributed by atoms with van der Waals surface area (Å²) in [4.78, 5) is 14.3. The number of hydrogen-bond acceptors (Lipinski definition) is 3. The number of nitrogens with zero attached hydrogens (tertiary/aromatic N) is 1. The first-order valence-corrected chi connectivity index (χ1v) is 6.80. The van der Waals surface area contributed by atoms with Crippen molar-refractivity contribution in [3.05, 3.63) is 23.8 Å². The molecule has 0 heterocycles. The number of aromatic hydroxyl groups is 2. The third-order valence-corrected chi connectivity index (χ3v) is 3.95. The van der Waals surface area contributed by atoms with Crippen LogP contribution in [0, 0.1) is 5.92 Å². The van der Waals surface area contributed by atoms with Crippen LogP contribution in [0.5, 0.6) is 11.5 Å². The van der Waals surface area contributed by atoms with Gasteiger partial charge in [0.25, 0.3) is 5.91 Å². The van der Waals surface area contributed by atoms with Crippen molar-refractivity contribution < 1.29 is 15.0 Å². The summed E-state index contributed by atoms with van der Waals surface area (Å²) in [6.07, 6.45) is 2.17. The lowest BCUT2D eigenvalue weighted by molar-refractivity contribution is 0.0748. The fourth-order valence-corrected chi connectivity index (χ4v) is 3.27. The number of carbonyl (C=O) groups is 1. The average molecular weight is 314 g/mol. The Kier molecular flexibility index (Phi) is 3.80. The van der Waals surface area contributed by atoms with Gasteiger partial charge in [0.15, 0.2) is 0 Å². The summed E-state index contributed by atoms with van der Waals surface area (Å²) >= 11 is 3.52. The van der Waals surface area contributed by atoms with E-state index in [1.807, 2.05) is 0 Å². The van der Waals surface area contributed by atoms with E-state index in [4.69, 9.17) is 0 Å². The zero-order valence-corrected chi connectivity index (χ0v) is 11.7. The second kappa shape index (κ2) is 5.18. The summed E-state index contributed by atoms with van der Waals surface area (Å²) in [7, 11) is 1.74. The van der Waals surface area contributed by atoms with E-state index in [2.05, 4.69) is 15.9 Å². The van der Waals surface area contributed by atoms with E-state index in [0.29, 0.717) is 22.9 Å². The van der Waals surface area contributed by atoms with Gasteiger partial charge in [0.1, 0.15) is 11.5 Å². The van der Waals surface area contributed by atoms with Crippen molar-refractivity contribution >= 4 is 21.8 Å². The molecular formula is C13H16BrNO3. The fraction of sp³-hybridized carbons (Fsp3) is 0.462. The molecular weight excluding hydrogens is 298 g/mol. The number of carbonyl (C=O) groups excluding carboxylic acids is 1. The van der Waals surface area contributed by atoms with Crippen LogP contribution in [0.2, 0.25) is 0 Å². The minimum Gasteiger partial charge on any atom is -0.508 e. The van der Waals surface area contributed by atoms with Crippen LogP contribution in [0.1, 0.15) is 23.2 Å². The Morgan fingerprint density at radius 2 is 1.89 bits per heavy atom. The van der Waals surface area contributed by atoms with Gasteiger partial charge in [0.05, 0.1) is 0 Å². The molecule has 1 aromatic rings. The first kappa shape index (κ1) is 13.2. The summed E-state index contributed by atoms with van der Waals surface area (Å²) in [6.45, 7) is 0.706. The van der Waals surface area contributed by atoms with Crippen molar-refractivity contribution in [1.82, 2.24) is 4.90 Å². The highest BCUT2D eigenvalue weighted by Gasteiger charge is 2.29. The fourth-order valence-electron chi connectivity index (χ4n) is 2.21. The van der Waals surface area contributed by atoms with Crippen LogP contribution >= 0.6 is 15.9 Å². The van der Waals surface area contributed by atoms with Gasteiger partial charge in [-0.2, -0.15) is 0 Å². The van der Waals surface area contributed by atoms with Crippen molar-refractivity contribution in [3.63, 3.8) is 0 Å². The molecule has 0 bridgehead atoms. The van der Waals surface area contributed by atoms with Crippen LogP contribution in [-0.4, -0.2) is 39.4 Å². The molecule has 0 unspecified atom stereocenters. The zero-order valence-electron chi connectivity index (χ0n) is 10.1. The Labute approximate surface area is 114 Å².